The highest BCUT2D eigenvalue weighted by atomic mass is 16.5. The number of carbonyl (C=O) groups is 1. The maximum atomic E-state index is 12.2. The molecule has 0 saturated heterocycles. The Morgan fingerprint density at radius 2 is 1.89 bits per heavy atom. The molecule has 5 nitrogen and oxygen atoms in total. The first-order valence-electron chi connectivity index (χ1n) is 6.08. The molecule has 0 fully saturated rings. The Hall–Kier alpha value is -2.30. The van der Waals surface area contributed by atoms with E-state index in [2.05, 4.69) is 5.10 Å². The Bertz CT molecular complexity index is 638. The SMILES string of the molecule is Cc1[nH]n(-c2ccccc2)c(=O)c1C(=O)OC(C)C. The van der Waals surface area contributed by atoms with Gasteiger partial charge in [0.25, 0.3) is 5.56 Å². The second-order valence-corrected chi connectivity index (χ2v) is 4.54. The molecule has 1 aromatic heterocycles. The lowest BCUT2D eigenvalue weighted by Gasteiger charge is -2.05. The van der Waals surface area contributed by atoms with Gasteiger partial charge in [0.15, 0.2) is 0 Å². The first-order chi connectivity index (χ1) is 9.00. The van der Waals surface area contributed by atoms with Crippen LogP contribution >= 0.6 is 0 Å². The van der Waals surface area contributed by atoms with Crippen LogP contribution in [-0.4, -0.2) is 21.9 Å². The second kappa shape index (κ2) is 5.14. The standard InChI is InChI=1S/C14H16N2O3/c1-9(2)19-14(18)12-10(3)15-16(13(12)17)11-7-5-4-6-8-11/h4-9,15H,1-3H3. The molecule has 0 atom stereocenters. The number of esters is 1. The number of nitrogens with zero attached hydrogens (tertiary/aromatic N) is 1. The van der Waals surface area contributed by atoms with Crippen molar-refractivity contribution >= 4 is 5.97 Å². The van der Waals surface area contributed by atoms with Gasteiger partial charge in [-0.3, -0.25) is 9.89 Å². The van der Waals surface area contributed by atoms with Gasteiger partial charge >= 0.3 is 5.97 Å². The summed E-state index contributed by atoms with van der Waals surface area (Å²) >= 11 is 0. The van der Waals surface area contributed by atoms with Gasteiger partial charge in [-0.2, -0.15) is 0 Å². The molecule has 2 aromatic rings. The average Bonchev–Trinajstić information content (AvgIpc) is 2.65. The lowest BCUT2D eigenvalue weighted by Crippen LogP contribution is -2.23. The van der Waals surface area contributed by atoms with Crippen molar-refractivity contribution in [3.8, 4) is 5.69 Å². The van der Waals surface area contributed by atoms with Crippen LogP contribution in [0.1, 0.15) is 29.9 Å². The summed E-state index contributed by atoms with van der Waals surface area (Å²) in [7, 11) is 0. The molecule has 1 heterocycles. The quantitative estimate of drug-likeness (QED) is 0.859. The molecule has 0 amide bonds. The number of aryl methyl sites for hydroxylation is 1. The normalized spacial score (nSPS) is 10.7. The van der Waals surface area contributed by atoms with Crippen molar-refractivity contribution < 1.29 is 9.53 Å². The summed E-state index contributed by atoms with van der Waals surface area (Å²) in [6, 6.07) is 9.08. The molecule has 0 bridgehead atoms. The second-order valence-electron chi connectivity index (χ2n) is 4.54. The number of aromatic amines is 1. The van der Waals surface area contributed by atoms with Gasteiger partial charge in [0.1, 0.15) is 5.56 Å². The van der Waals surface area contributed by atoms with Crippen LogP contribution in [0.3, 0.4) is 0 Å². The molecule has 2 rings (SSSR count). The van der Waals surface area contributed by atoms with Crippen molar-refractivity contribution in [1.82, 2.24) is 9.78 Å². The molecule has 19 heavy (non-hydrogen) atoms. The van der Waals surface area contributed by atoms with Gasteiger partial charge < -0.3 is 4.74 Å². The van der Waals surface area contributed by atoms with E-state index in [1.54, 1.807) is 32.9 Å². The topological polar surface area (TPSA) is 64.1 Å². The molecule has 5 heteroatoms. The molecule has 0 unspecified atom stereocenters. The summed E-state index contributed by atoms with van der Waals surface area (Å²) in [5.74, 6) is -0.594. The van der Waals surface area contributed by atoms with Crippen molar-refractivity contribution in [3.05, 3.63) is 51.9 Å². The number of hydrogen-bond acceptors (Lipinski definition) is 3. The van der Waals surface area contributed by atoms with E-state index in [1.165, 1.54) is 4.68 Å². The fourth-order valence-electron chi connectivity index (χ4n) is 1.82. The van der Waals surface area contributed by atoms with E-state index in [1.807, 2.05) is 18.2 Å². The molecular weight excluding hydrogens is 244 g/mol. The maximum Gasteiger partial charge on any atom is 0.345 e. The zero-order chi connectivity index (χ0) is 14.0. The zero-order valence-electron chi connectivity index (χ0n) is 11.1. The van der Waals surface area contributed by atoms with Crippen molar-refractivity contribution in [2.45, 2.75) is 26.9 Å². The largest absolute Gasteiger partial charge is 0.459 e. The van der Waals surface area contributed by atoms with Crippen LogP contribution in [0.25, 0.3) is 5.69 Å². The monoisotopic (exact) mass is 260 g/mol. The van der Waals surface area contributed by atoms with Crippen LogP contribution in [0, 0.1) is 6.92 Å². The highest BCUT2D eigenvalue weighted by Gasteiger charge is 2.21. The molecule has 100 valence electrons. The van der Waals surface area contributed by atoms with Gasteiger partial charge in [0.05, 0.1) is 11.8 Å². The van der Waals surface area contributed by atoms with Gasteiger partial charge in [-0.15, -0.1) is 0 Å². The van der Waals surface area contributed by atoms with Crippen LogP contribution in [0.15, 0.2) is 35.1 Å². The number of rotatable bonds is 3. The zero-order valence-corrected chi connectivity index (χ0v) is 11.1. The number of ether oxygens (including phenoxy) is 1. The van der Waals surface area contributed by atoms with E-state index in [0.717, 1.165) is 0 Å². The predicted molar refractivity (Wildman–Crippen MR) is 71.7 cm³/mol. The van der Waals surface area contributed by atoms with E-state index >= 15 is 0 Å². The minimum atomic E-state index is -0.594. The first kappa shape index (κ1) is 13.1. The number of aromatic nitrogens is 2. The molecule has 0 saturated carbocycles. The van der Waals surface area contributed by atoms with Gasteiger partial charge in [-0.05, 0) is 32.9 Å². The summed E-state index contributed by atoms with van der Waals surface area (Å²) in [6.45, 7) is 5.17. The van der Waals surface area contributed by atoms with Gasteiger partial charge in [0.2, 0.25) is 0 Å². The Morgan fingerprint density at radius 1 is 1.26 bits per heavy atom. The van der Waals surface area contributed by atoms with Crippen LogP contribution < -0.4 is 5.56 Å². The minimum absolute atomic E-state index is 0.0533. The Labute approximate surface area is 110 Å². The first-order valence-corrected chi connectivity index (χ1v) is 6.08. The summed E-state index contributed by atoms with van der Waals surface area (Å²) in [4.78, 5) is 24.1. The summed E-state index contributed by atoms with van der Waals surface area (Å²) in [5, 5.41) is 2.89. The summed E-state index contributed by atoms with van der Waals surface area (Å²) in [5.41, 5.74) is 0.839. The highest BCUT2D eigenvalue weighted by molar-refractivity contribution is 5.90. The Balaban J connectivity index is 2.47. The van der Waals surface area contributed by atoms with Crippen LogP contribution in [-0.2, 0) is 4.74 Å². The molecule has 0 aliphatic heterocycles. The lowest BCUT2D eigenvalue weighted by molar-refractivity contribution is 0.0375. The molecule has 0 aliphatic carbocycles. The lowest BCUT2D eigenvalue weighted by atomic mass is 10.2. The highest BCUT2D eigenvalue weighted by Crippen LogP contribution is 2.08. The minimum Gasteiger partial charge on any atom is -0.459 e. The van der Waals surface area contributed by atoms with E-state index in [9.17, 15) is 9.59 Å². The molecule has 1 aromatic carbocycles. The maximum absolute atomic E-state index is 12.2. The Kier molecular flexibility index (Phi) is 3.55. The fourth-order valence-corrected chi connectivity index (χ4v) is 1.82. The molecule has 1 N–H and O–H groups in total. The van der Waals surface area contributed by atoms with Crippen LogP contribution in [0.2, 0.25) is 0 Å². The van der Waals surface area contributed by atoms with E-state index < -0.39 is 11.5 Å². The van der Waals surface area contributed by atoms with Crippen molar-refractivity contribution in [1.29, 1.82) is 0 Å². The number of hydrogen-bond donors (Lipinski definition) is 1. The average molecular weight is 260 g/mol. The molecule has 0 spiro atoms. The number of H-pyrrole nitrogens is 1. The van der Waals surface area contributed by atoms with E-state index in [0.29, 0.717) is 11.4 Å². The Morgan fingerprint density at radius 3 is 2.47 bits per heavy atom. The summed E-state index contributed by atoms with van der Waals surface area (Å²) < 4.78 is 6.41. The number of carbonyl (C=O) groups excluding carboxylic acids is 1. The van der Waals surface area contributed by atoms with Gasteiger partial charge in [0, 0.05) is 5.69 Å². The third kappa shape index (κ3) is 2.59. The number of nitrogens with one attached hydrogen (secondary N) is 1. The van der Waals surface area contributed by atoms with Gasteiger partial charge in [-0.1, -0.05) is 18.2 Å². The van der Waals surface area contributed by atoms with Crippen LogP contribution in [0.4, 0.5) is 0 Å². The van der Waals surface area contributed by atoms with Crippen molar-refractivity contribution in [3.63, 3.8) is 0 Å². The molecule has 0 aliphatic rings. The molecule has 0 radical (unpaired) electrons. The van der Waals surface area contributed by atoms with Gasteiger partial charge in [-0.25, -0.2) is 9.48 Å². The fraction of sp³-hybridized carbons (Fsp3) is 0.286. The predicted octanol–water partition coefficient (Wildman–Crippen LogP) is 2.04. The third-order valence-electron chi connectivity index (χ3n) is 2.63. The van der Waals surface area contributed by atoms with E-state index in [4.69, 9.17) is 4.74 Å². The third-order valence-corrected chi connectivity index (χ3v) is 2.63. The van der Waals surface area contributed by atoms with E-state index in [-0.39, 0.29) is 11.7 Å². The van der Waals surface area contributed by atoms with Crippen molar-refractivity contribution in [2.24, 2.45) is 0 Å². The van der Waals surface area contributed by atoms with Crippen LogP contribution in [0.5, 0.6) is 0 Å². The molecular formula is C14H16N2O3. The van der Waals surface area contributed by atoms with Crippen molar-refractivity contribution in [2.75, 3.05) is 0 Å². The number of para-hydroxylation sites is 1. The smallest absolute Gasteiger partial charge is 0.345 e. The number of benzene rings is 1. The summed E-state index contributed by atoms with van der Waals surface area (Å²) in [6.07, 6.45) is -0.258.